The Morgan fingerprint density at radius 3 is 2.86 bits per heavy atom. The molecule has 14 heavy (non-hydrogen) atoms. The molecule has 5 nitrogen and oxygen atoms in total. The molecular weight excluding hydrogens is 222 g/mol. The van der Waals surface area contributed by atoms with Gasteiger partial charge in [0.2, 0.25) is 10.0 Å². The molecule has 1 aromatic rings. The highest BCUT2D eigenvalue weighted by molar-refractivity contribution is 7.90. The van der Waals surface area contributed by atoms with Crippen molar-refractivity contribution < 1.29 is 8.42 Å². The van der Waals surface area contributed by atoms with Crippen LogP contribution in [0.4, 0.5) is 5.13 Å². The molecule has 0 radical (unpaired) electrons. The van der Waals surface area contributed by atoms with Crippen molar-refractivity contribution in [3.05, 3.63) is 11.1 Å². The molecule has 0 bridgehead atoms. The first kappa shape index (κ1) is 9.88. The maximum atomic E-state index is 11.4. The third-order valence-electron chi connectivity index (χ3n) is 1.99. The molecule has 7 heteroatoms. The Kier molecular flexibility index (Phi) is 2.46. The average molecular weight is 233 g/mol. The molecule has 3 N–H and O–H groups in total. The number of thiazole rings is 1. The number of anilines is 1. The van der Waals surface area contributed by atoms with E-state index < -0.39 is 10.0 Å². The minimum absolute atomic E-state index is 0.182. The maximum Gasteiger partial charge on any atom is 0.214 e. The molecule has 0 saturated heterocycles. The molecule has 0 aliphatic heterocycles. The molecule has 0 spiro atoms. The lowest BCUT2D eigenvalue weighted by molar-refractivity contribution is 0.579. The smallest absolute Gasteiger partial charge is 0.214 e. The van der Waals surface area contributed by atoms with E-state index in [-0.39, 0.29) is 11.8 Å². The summed E-state index contributed by atoms with van der Waals surface area (Å²) in [5.41, 5.74) is 6.10. The summed E-state index contributed by atoms with van der Waals surface area (Å²) in [5.74, 6) is 0. The zero-order chi connectivity index (χ0) is 10.2. The van der Waals surface area contributed by atoms with E-state index in [1.165, 1.54) is 11.3 Å². The summed E-state index contributed by atoms with van der Waals surface area (Å²) in [6.07, 6.45) is 1.54. The van der Waals surface area contributed by atoms with Gasteiger partial charge in [-0.2, -0.15) is 0 Å². The van der Waals surface area contributed by atoms with E-state index in [2.05, 4.69) is 9.71 Å². The summed E-state index contributed by atoms with van der Waals surface area (Å²) in [6, 6.07) is 0. The van der Waals surface area contributed by atoms with Gasteiger partial charge in [0.25, 0.3) is 0 Å². The standard InChI is InChI=1S/C7H11N3O2S2/c8-7-10-5(4-13-7)3-9-14(11,12)6-1-2-6/h4,6,9H,1-3H2,(H2,8,10). The van der Waals surface area contributed by atoms with Crippen LogP contribution in [0.5, 0.6) is 0 Å². The van der Waals surface area contributed by atoms with Crippen LogP contribution in [0.25, 0.3) is 0 Å². The van der Waals surface area contributed by atoms with Gasteiger partial charge in [-0.1, -0.05) is 0 Å². The van der Waals surface area contributed by atoms with Crippen LogP contribution < -0.4 is 10.5 Å². The first-order valence-electron chi connectivity index (χ1n) is 4.26. The molecule has 0 amide bonds. The minimum atomic E-state index is -3.10. The molecule has 78 valence electrons. The zero-order valence-electron chi connectivity index (χ0n) is 7.43. The molecule has 0 atom stereocenters. The Hall–Kier alpha value is -0.660. The molecule has 1 fully saturated rings. The van der Waals surface area contributed by atoms with Crippen molar-refractivity contribution >= 4 is 26.5 Å². The van der Waals surface area contributed by atoms with Gasteiger partial charge in [-0.25, -0.2) is 18.1 Å². The number of nitrogens with one attached hydrogen (secondary N) is 1. The van der Waals surface area contributed by atoms with Gasteiger partial charge in [-0.05, 0) is 12.8 Å². The molecule has 1 aliphatic carbocycles. The third kappa shape index (κ3) is 2.23. The van der Waals surface area contributed by atoms with Gasteiger partial charge >= 0.3 is 0 Å². The normalized spacial score (nSPS) is 17.1. The summed E-state index contributed by atoms with van der Waals surface area (Å²) in [6.45, 7) is 0.243. The van der Waals surface area contributed by atoms with Gasteiger partial charge in [0.15, 0.2) is 5.13 Å². The summed E-state index contributed by atoms with van der Waals surface area (Å²) in [4.78, 5) is 3.96. The highest BCUT2D eigenvalue weighted by Crippen LogP contribution is 2.27. The van der Waals surface area contributed by atoms with Crippen LogP contribution in [-0.4, -0.2) is 18.7 Å². The number of hydrogen-bond donors (Lipinski definition) is 2. The van der Waals surface area contributed by atoms with E-state index in [4.69, 9.17) is 5.73 Å². The fourth-order valence-corrected chi connectivity index (χ4v) is 2.98. The van der Waals surface area contributed by atoms with Crippen molar-refractivity contribution in [2.45, 2.75) is 24.6 Å². The SMILES string of the molecule is Nc1nc(CNS(=O)(=O)C2CC2)cs1. The quantitative estimate of drug-likeness (QED) is 0.783. The largest absolute Gasteiger partial charge is 0.375 e. The lowest BCUT2D eigenvalue weighted by Gasteiger charge is -2.02. The van der Waals surface area contributed by atoms with Crippen LogP contribution >= 0.6 is 11.3 Å². The number of rotatable bonds is 4. The number of hydrogen-bond acceptors (Lipinski definition) is 5. The van der Waals surface area contributed by atoms with E-state index in [1.807, 2.05) is 0 Å². The number of nitrogens with zero attached hydrogens (tertiary/aromatic N) is 1. The van der Waals surface area contributed by atoms with Crippen LogP contribution in [0.15, 0.2) is 5.38 Å². The van der Waals surface area contributed by atoms with Crippen molar-refractivity contribution in [1.29, 1.82) is 0 Å². The fourth-order valence-electron chi connectivity index (χ4n) is 1.07. The molecule has 1 saturated carbocycles. The molecule has 2 rings (SSSR count). The van der Waals surface area contributed by atoms with Crippen LogP contribution in [0.2, 0.25) is 0 Å². The van der Waals surface area contributed by atoms with Gasteiger partial charge < -0.3 is 5.73 Å². The maximum absolute atomic E-state index is 11.4. The van der Waals surface area contributed by atoms with E-state index in [0.717, 1.165) is 12.8 Å². The molecule has 1 heterocycles. The second-order valence-electron chi connectivity index (χ2n) is 3.24. The topological polar surface area (TPSA) is 85.1 Å². The Labute approximate surface area is 86.4 Å². The van der Waals surface area contributed by atoms with Crippen LogP contribution in [0.3, 0.4) is 0 Å². The van der Waals surface area contributed by atoms with Crippen molar-refractivity contribution in [1.82, 2.24) is 9.71 Å². The Morgan fingerprint density at radius 1 is 1.64 bits per heavy atom. The van der Waals surface area contributed by atoms with Crippen molar-refractivity contribution in [3.63, 3.8) is 0 Å². The molecule has 0 unspecified atom stereocenters. The Morgan fingerprint density at radius 2 is 2.36 bits per heavy atom. The minimum Gasteiger partial charge on any atom is -0.375 e. The lowest BCUT2D eigenvalue weighted by atomic mass is 10.5. The second-order valence-corrected chi connectivity index (χ2v) is 6.18. The lowest BCUT2D eigenvalue weighted by Crippen LogP contribution is -2.26. The van der Waals surface area contributed by atoms with E-state index in [9.17, 15) is 8.42 Å². The third-order valence-corrected chi connectivity index (χ3v) is 4.61. The van der Waals surface area contributed by atoms with Gasteiger partial charge in [-0.3, -0.25) is 0 Å². The van der Waals surface area contributed by atoms with E-state index >= 15 is 0 Å². The van der Waals surface area contributed by atoms with E-state index in [0.29, 0.717) is 10.8 Å². The first-order valence-corrected chi connectivity index (χ1v) is 6.69. The van der Waals surface area contributed by atoms with Crippen LogP contribution in [-0.2, 0) is 16.6 Å². The van der Waals surface area contributed by atoms with Gasteiger partial charge in [0, 0.05) is 5.38 Å². The highest BCUT2D eigenvalue weighted by Gasteiger charge is 2.35. The highest BCUT2D eigenvalue weighted by atomic mass is 32.2. The van der Waals surface area contributed by atoms with Crippen LogP contribution in [0, 0.1) is 0 Å². The molecular formula is C7H11N3O2S2. The fraction of sp³-hybridized carbons (Fsp3) is 0.571. The summed E-state index contributed by atoms with van der Waals surface area (Å²) < 4.78 is 25.3. The van der Waals surface area contributed by atoms with Gasteiger partial charge in [0.1, 0.15) is 0 Å². The van der Waals surface area contributed by atoms with Crippen molar-refractivity contribution in [2.75, 3.05) is 5.73 Å². The van der Waals surface area contributed by atoms with Gasteiger partial charge in [-0.15, -0.1) is 11.3 Å². The second kappa shape index (κ2) is 3.48. The van der Waals surface area contributed by atoms with Crippen molar-refractivity contribution in [2.24, 2.45) is 0 Å². The zero-order valence-corrected chi connectivity index (χ0v) is 9.07. The number of nitrogens with two attached hydrogens (primary N) is 1. The molecule has 1 aromatic heterocycles. The molecule has 1 aliphatic rings. The summed E-state index contributed by atoms with van der Waals surface area (Å²) >= 11 is 1.31. The van der Waals surface area contributed by atoms with Crippen molar-refractivity contribution in [3.8, 4) is 0 Å². The van der Waals surface area contributed by atoms with Gasteiger partial charge in [0.05, 0.1) is 17.5 Å². The average Bonchev–Trinajstić information content (AvgIpc) is 2.89. The Balaban J connectivity index is 1.94. The number of nitrogen functional groups attached to an aromatic ring is 1. The van der Waals surface area contributed by atoms with Crippen LogP contribution in [0.1, 0.15) is 18.5 Å². The summed E-state index contributed by atoms with van der Waals surface area (Å²) in [7, 11) is -3.10. The molecule has 0 aromatic carbocycles. The number of aromatic nitrogens is 1. The monoisotopic (exact) mass is 233 g/mol. The predicted octanol–water partition coefficient (Wildman–Crippen LogP) is 0.307. The number of sulfonamides is 1. The Bertz CT molecular complexity index is 422. The summed E-state index contributed by atoms with van der Waals surface area (Å²) in [5, 5.41) is 2.04. The van der Waals surface area contributed by atoms with E-state index in [1.54, 1.807) is 5.38 Å². The predicted molar refractivity (Wildman–Crippen MR) is 55.3 cm³/mol. The first-order chi connectivity index (χ1) is 6.58.